The van der Waals surface area contributed by atoms with Gasteiger partial charge in [0.1, 0.15) is 22.2 Å². The Morgan fingerprint density at radius 3 is 2.39 bits per heavy atom. The molecule has 3 aromatic rings. The molecule has 0 radical (unpaired) electrons. The molecule has 0 unspecified atom stereocenters. The number of ether oxygens (including phenoxy) is 2. The Bertz CT molecular complexity index is 1230. The van der Waals surface area contributed by atoms with Gasteiger partial charge < -0.3 is 14.8 Å². The molecule has 3 aromatic carbocycles. The SMILES string of the molecule is COc1ccc(NC(=O)c2ccccc2NS(=O)(=O)c2ccc(Cl)cc2F)c(OC)c1. The van der Waals surface area contributed by atoms with Crippen LogP contribution in [0.25, 0.3) is 0 Å². The molecule has 0 bridgehead atoms. The molecule has 0 aliphatic heterocycles. The molecule has 162 valence electrons. The number of carbonyl (C=O) groups excluding carboxylic acids is 1. The third-order valence-corrected chi connectivity index (χ3v) is 5.89. The minimum Gasteiger partial charge on any atom is -0.497 e. The number of hydrogen-bond donors (Lipinski definition) is 2. The highest BCUT2D eigenvalue weighted by Crippen LogP contribution is 2.30. The van der Waals surface area contributed by atoms with E-state index in [-0.39, 0.29) is 16.3 Å². The Kier molecular flexibility index (Phi) is 6.67. The van der Waals surface area contributed by atoms with Gasteiger partial charge in [-0.1, -0.05) is 23.7 Å². The summed E-state index contributed by atoms with van der Waals surface area (Å²) >= 11 is 5.69. The van der Waals surface area contributed by atoms with Crippen molar-refractivity contribution in [2.45, 2.75) is 4.90 Å². The van der Waals surface area contributed by atoms with Crippen LogP contribution in [0.4, 0.5) is 15.8 Å². The number of hydrogen-bond acceptors (Lipinski definition) is 5. The average Bonchev–Trinajstić information content (AvgIpc) is 2.73. The van der Waals surface area contributed by atoms with Crippen molar-refractivity contribution >= 4 is 38.9 Å². The van der Waals surface area contributed by atoms with E-state index in [0.717, 1.165) is 12.1 Å². The van der Waals surface area contributed by atoms with E-state index in [1.807, 2.05) is 0 Å². The summed E-state index contributed by atoms with van der Waals surface area (Å²) in [4.78, 5) is 12.3. The van der Waals surface area contributed by atoms with Crippen molar-refractivity contribution in [3.8, 4) is 11.5 Å². The fourth-order valence-electron chi connectivity index (χ4n) is 2.75. The molecule has 1 amide bonds. The van der Waals surface area contributed by atoms with Crippen molar-refractivity contribution in [3.05, 3.63) is 77.1 Å². The normalized spacial score (nSPS) is 11.0. The quantitative estimate of drug-likeness (QED) is 0.535. The molecule has 2 N–H and O–H groups in total. The van der Waals surface area contributed by atoms with E-state index >= 15 is 0 Å². The van der Waals surface area contributed by atoms with Gasteiger partial charge in [-0.2, -0.15) is 0 Å². The fourth-order valence-corrected chi connectivity index (χ4v) is 4.05. The lowest BCUT2D eigenvalue weighted by Gasteiger charge is -2.15. The number of para-hydroxylation sites is 1. The summed E-state index contributed by atoms with van der Waals surface area (Å²) in [5.74, 6) is -0.717. The highest BCUT2D eigenvalue weighted by atomic mass is 35.5. The van der Waals surface area contributed by atoms with Crippen molar-refractivity contribution in [3.63, 3.8) is 0 Å². The van der Waals surface area contributed by atoms with Crippen LogP contribution in [0.15, 0.2) is 65.6 Å². The molecule has 0 atom stereocenters. The van der Waals surface area contributed by atoms with Gasteiger partial charge in [0.15, 0.2) is 0 Å². The minimum atomic E-state index is -4.32. The second-order valence-electron chi connectivity index (χ2n) is 6.25. The van der Waals surface area contributed by atoms with Gasteiger partial charge in [-0.05, 0) is 42.5 Å². The first-order valence-corrected chi connectivity index (χ1v) is 10.7. The van der Waals surface area contributed by atoms with E-state index in [9.17, 15) is 17.6 Å². The summed E-state index contributed by atoms with van der Waals surface area (Å²) in [5.41, 5.74) is 0.356. The van der Waals surface area contributed by atoms with E-state index < -0.39 is 26.6 Å². The van der Waals surface area contributed by atoms with Gasteiger partial charge in [-0.25, -0.2) is 12.8 Å². The van der Waals surface area contributed by atoms with Crippen LogP contribution in [-0.2, 0) is 10.0 Å². The van der Waals surface area contributed by atoms with E-state index in [2.05, 4.69) is 10.0 Å². The number of halogens is 2. The zero-order chi connectivity index (χ0) is 22.6. The van der Waals surface area contributed by atoms with Crippen molar-refractivity contribution in [2.75, 3.05) is 24.3 Å². The number of sulfonamides is 1. The molecule has 7 nitrogen and oxygen atoms in total. The zero-order valence-electron chi connectivity index (χ0n) is 16.5. The van der Waals surface area contributed by atoms with E-state index in [1.54, 1.807) is 30.3 Å². The first-order chi connectivity index (χ1) is 14.7. The molecule has 0 heterocycles. The number of rotatable bonds is 7. The van der Waals surface area contributed by atoms with Crippen LogP contribution in [0.2, 0.25) is 5.02 Å². The monoisotopic (exact) mass is 464 g/mol. The third-order valence-electron chi connectivity index (χ3n) is 4.26. The summed E-state index contributed by atoms with van der Waals surface area (Å²) in [7, 11) is -1.38. The van der Waals surface area contributed by atoms with Crippen molar-refractivity contribution in [1.82, 2.24) is 0 Å². The Morgan fingerprint density at radius 2 is 1.71 bits per heavy atom. The van der Waals surface area contributed by atoms with Gasteiger partial charge in [0.25, 0.3) is 15.9 Å². The molecule has 0 saturated carbocycles. The predicted octanol–water partition coefficient (Wildman–Crippen LogP) is 4.55. The maximum atomic E-state index is 14.1. The largest absolute Gasteiger partial charge is 0.497 e. The van der Waals surface area contributed by atoms with E-state index in [4.69, 9.17) is 21.1 Å². The lowest BCUT2D eigenvalue weighted by Crippen LogP contribution is -2.19. The topological polar surface area (TPSA) is 93.7 Å². The molecule has 0 fully saturated rings. The first kappa shape index (κ1) is 22.4. The molecule has 10 heteroatoms. The van der Waals surface area contributed by atoms with Crippen LogP contribution >= 0.6 is 11.6 Å². The summed E-state index contributed by atoms with van der Waals surface area (Å²) < 4.78 is 52.1. The third kappa shape index (κ3) is 5.07. The summed E-state index contributed by atoms with van der Waals surface area (Å²) in [5, 5.41) is 2.73. The van der Waals surface area contributed by atoms with Gasteiger partial charge >= 0.3 is 0 Å². The Labute approximate surface area is 183 Å². The molecule has 3 rings (SSSR count). The number of amides is 1. The molecule has 0 saturated heterocycles. The van der Waals surface area contributed by atoms with Crippen molar-refractivity contribution in [2.24, 2.45) is 0 Å². The number of anilines is 2. The Morgan fingerprint density at radius 1 is 0.968 bits per heavy atom. The standard InChI is InChI=1S/C21H18ClFN2O5S/c1-29-14-8-9-18(19(12-14)30-2)24-21(26)15-5-3-4-6-17(15)25-31(27,28)20-10-7-13(22)11-16(20)23/h3-12,25H,1-2H3,(H,24,26). The molecule has 31 heavy (non-hydrogen) atoms. The van der Waals surface area contributed by atoms with Gasteiger partial charge in [-0.15, -0.1) is 0 Å². The first-order valence-electron chi connectivity index (χ1n) is 8.85. The van der Waals surface area contributed by atoms with Gasteiger partial charge in [0, 0.05) is 11.1 Å². The van der Waals surface area contributed by atoms with Gasteiger partial charge in [-0.3, -0.25) is 9.52 Å². The number of benzene rings is 3. The second-order valence-corrected chi connectivity index (χ2v) is 8.33. The average molecular weight is 465 g/mol. The second kappa shape index (κ2) is 9.23. The maximum absolute atomic E-state index is 14.1. The Hall–Kier alpha value is -3.30. The highest BCUT2D eigenvalue weighted by Gasteiger charge is 2.22. The lowest BCUT2D eigenvalue weighted by molar-refractivity contribution is 0.102. The molecule has 0 aliphatic carbocycles. The number of carbonyl (C=O) groups is 1. The van der Waals surface area contributed by atoms with Crippen molar-refractivity contribution < 1.29 is 27.1 Å². The molecule has 0 aromatic heterocycles. The van der Waals surface area contributed by atoms with Crippen LogP contribution in [0.3, 0.4) is 0 Å². The van der Waals surface area contributed by atoms with Gasteiger partial charge in [0.05, 0.1) is 31.2 Å². The lowest BCUT2D eigenvalue weighted by atomic mass is 10.1. The molecule has 0 spiro atoms. The van der Waals surface area contributed by atoms with E-state index in [0.29, 0.717) is 17.2 Å². The van der Waals surface area contributed by atoms with Gasteiger partial charge in [0.2, 0.25) is 0 Å². The van der Waals surface area contributed by atoms with Crippen LogP contribution in [0.5, 0.6) is 11.5 Å². The smallest absolute Gasteiger partial charge is 0.264 e. The molecule has 0 aliphatic rings. The molecular formula is C21H18ClFN2O5S. The molecular weight excluding hydrogens is 447 g/mol. The maximum Gasteiger partial charge on any atom is 0.264 e. The predicted molar refractivity (Wildman–Crippen MR) is 116 cm³/mol. The fraction of sp³-hybridized carbons (Fsp3) is 0.0952. The van der Waals surface area contributed by atoms with Crippen LogP contribution in [-0.4, -0.2) is 28.5 Å². The minimum absolute atomic E-state index is 0.0261. The number of nitrogens with one attached hydrogen (secondary N) is 2. The summed E-state index contributed by atoms with van der Waals surface area (Å²) in [6.07, 6.45) is 0. The van der Waals surface area contributed by atoms with Crippen LogP contribution in [0, 0.1) is 5.82 Å². The summed E-state index contributed by atoms with van der Waals surface area (Å²) in [6.45, 7) is 0. The van der Waals surface area contributed by atoms with Crippen LogP contribution < -0.4 is 19.5 Å². The Balaban J connectivity index is 1.91. The number of methoxy groups -OCH3 is 2. The summed E-state index contributed by atoms with van der Waals surface area (Å²) in [6, 6.07) is 14.0. The zero-order valence-corrected chi connectivity index (χ0v) is 18.1. The van der Waals surface area contributed by atoms with E-state index in [1.165, 1.54) is 32.4 Å². The van der Waals surface area contributed by atoms with Crippen LogP contribution in [0.1, 0.15) is 10.4 Å². The van der Waals surface area contributed by atoms with Crippen molar-refractivity contribution in [1.29, 1.82) is 0 Å². The highest BCUT2D eigenvalue weighted by molar-refractivity contribution is 7.92.